The van der Waals surface area contributed by atoms with E-state index in [1.54, 1.807) is 0 Å². The van der Waals surface area contributed by atoms with Crippen molar-refractivity contribution in [2.24, 2.45) is 0 Å². The van der Waals surface area contributed by atoms with Gasteiger partial charge in [-0.05, 0) is 6.92 Å². The van der Waals surface area contributed by atoms with E-state index in [0.29, 0.717) is 0 Å². The first-order valence-electron chi connectivity index (χ1n) is 3.08. The van der Waals surface area contributed by atoms with Crippen molar-refractivity contribution in [1.82, 2.24) is 0 Å². The van der Waals surface area contributed by atoms with Crippen molar-refractivity contribution < 1.29 is 24.5 Å². The third kappa shape index (κ3) is 6.79. The van der Waals surface area contributed by atoms with Gasteiger partial charge in [0.2, 0.25) is 0 Å². The zero-order valence-electron chi connectivity index (χ0n) is 6.11. The summed E-state index contributed by atoms with van der Waals surface area (Å²) in [7, 11) is 0. The van der Waals surface area contributed by atoms with Gasteiger partial charge in [-0.15, -0.1) is 0 Å². The number of carbonyl (C=O) groups is 2. The van der Waals surface area contributed by atoms with Crippen LogP contribution in [0.2, 0.25) is 0 Å². The topological polar surface area (TPSA) is 83.8 Å². The van der Waals surface area contributed by atoms with Crippen molar-refractivity contribution in [2.45, 2.75) is 19.4 Å². The van der Waals surface area contributed by atoms with Crippen LogP contribution in [0.5, 0.6) is 0 Å². The first-order valence-corrected chi connectivity index (χ1v) is 3.08. The minimum absolute atomic E-state index is 0.161. The molecule has 0 aliphatic rings. The van der Waals surface area contributed by atoms with Gasteiger partial charge < -0.3 is 14.9 Å². The van der Waals surface area contributed by atoms with Crippen LogP contribution in [0.4, 0.5) is 0 Å². The van der Waals surface area contributed by atoms with Crippen molar-refractivity contribution in [3.63, 3.8) is 0 Å². The van der Waals surface area contributed by atoms with Crippen molar-refractivity contribution in [3.8, 4) is 0 Å². The molecular weight excluding hydrogens is 152 g/mol. The molecule has 0 saturated carbocycles. The molecule has 0 spiro atoms. The summed E-state index contributed by atoms with van der Waals surface area (Å²) < 4.78 is 4.34. The summed E-state index contributed by atoms with van der Waals surface area (Å²) in [6.07, 6.45) is -1.42. The molecule has 1 unspecified atom stereocenters. The molecule has 0 rings (SSSR count). The number of rotatable bonds is 4. The van der Waals surface area contributed by atoms with Crippen LogP contribution in [0.1, 0.15) is 13.3 Å². The van der Waals surface area contributed by atoms with Crippen LogP contribution in [0, 0.1) is 0 Å². The van der Waals surface area contributed by atoms with E-state index in [1.165, 1.54) is 6.92 Å². The Balaban J connectivity index is 3.46. The molecular formula is C6H10O5. The molecule has 0 fully saturated rings. The molecule has 0 amide bonds. The van der Waals surface area contributed by atoms with Gasteiger partial charge in [-0.1, -0.05) is 0 Å². The zero-order valence-corrected chi connectivity index (χ0v) is 6.11. The summed E-state index contributed by atoms with van der Waals surface area (Å²) in [6.45, 7) is 1.28. The molecule has 11 heavy (non-hydrogen) atoms. The second-order valence-corrected chi connectivity index (χ2v) is 2.10. The number of carboxylic acid groups (broad SMARTS) is 1. The van der Waals surface area contributed by atoms with Gasteiger partial charge in [0.25, 0.3) is 0 Å². The Morgan fingerprint density at radius 1 is 1.55 bits per heavy atom. The molecule has 64 valence electrons. The Labute approximate surface area is 63.6 Å². The number of aliphatic hydroxyl groups excluding tert-OH is 1. The maximum atomic E-state index is 10.4. The van der Waals surface area contributed by atoms with E-state index in [-0.39, 0.29) is 6.61 Å². The summed E-state index contributed by atoms with van der Waals surface area (Å²) in [4.78, 5) is 20.3. The van der Waals surface area contributed by atoms with Crippen molar-refractivity contribution in [3.05, 3.63) is 0 Å². The van der Waals surface area contributed by atoms with Crippen LogP contribution in [0.15, 0.2) is 0 Å². The maximum Gasteiger partial charge on any atom is 0.317 e. The number of aliphatic hydroxyl groups is 1. The lowest BCUT2D eigenvalue weighted by Gasteiger charge is -2.03. The Morgan fingerprint density at radius 3 is 2.45 bits per heavy atom. The average Bonchev–Trinajstić information content (AvgIpc) is 1.82. The number of aliphatic carboxylic acids is 1. The van der Waals surface area contributed by atoms with Crippen LogP contribution in [0.25, 0.3) is 0 Å². The lowest BCUT2D eigenvalue weighted by molar-refractivity contribution is -0.153. The van der Waals surface area contributed by atoms with Crippen LogP contribution >= 0.6 is 0 Å². The summed E-state index contributed by atoms with van der Waals surface area (Å²) >= 11 is 0. The Bertz CT molecular complexity index is 151. The van der Waals surface area contributed by atoms with Crippen molar-refractivity contribution >= 4 is 11.9 Å². The molecule has 0 bridgehead atoms. The quantitative estimate of drug-likeness (QED) is 0.425. The fourth-order valence-electron chi connectivity index (χ4n) is 0.388. The highest BCUT2D eigenvalue weighted by molar-refractivity contribution is 5.90. The molecule has 0 saturated heterocycles. The molecule has 0 aliphatic carbocycles. The van der Waals surface area contributed by atoms with E-state index in [9.17, 15) is 9.59 Å². The monoisotopic (exact) mass is 162 g/mol. The lowest BCUT2D eigenvalue weighted by atomic mass is 10.4. The van der Waals surface area contributed by atoms with E-state index in [1.807, 2.05) is 0 Å². The van der Waals surface area contributed by atoms with Gasteiger partial charge in [-0.25, -0.2) is 0 Å². The fourth-order valence-corrected chi connectivity index (χ4v) is 0.388. The first kappa shape index (κ1) is 9.90. The smallest absolute Gasteiger partial charge is 0.317 e. The Kier molecular flexibility index (Phi) is 4.21. The van der Waals surface area contributed by atoms with Gasteiger partial charge >= 0.3 is 11.9 Å². The largest absolute Gasteiger partial charge is 0.481 e. The van der Waals surface area contributed by atoms with Crippen LogP contribution in [-0.2, 0) is 14.3 Å². The second kappa shape index (κ2) is 4.68. The Hall–Kier alpha value is -1.10. The van der Waals surface area contributed by atoms with E-state index >= 15 is 0 Å². The van der Waals surface area contributed by atoms with E-state index in [0.717, 1.165) is 0 Å². The highest BCUT2D eigenvalue weighted by atomic mass is 16.5. The van der Waals surface area contributed by atoms with Crippen LogP contribution < -0.4 is 0 Å². The molecule has 0 aromatic heterocycles. The molecule has 0 aromatic carbocycles. The molecule has 2 N–H and O–H groups in total. The SMILES string of the molecule is CC(O)COC(=O)CC(=O)O. The minimum Gasteiger partial charge on any atom is -0.481 e. The number of carbonyl (C=O) groups excluding carboxylic acids is 1. The van der Waals surface area contributed by atoms with E-state index in [4.69, 9.17) is 10.2 Å². The molecule has 5 nitrogen and oxygen atoms in total. The van der Waals surface area contributed by atoms with Crippen LogP contribution in [-0.4, -0.2) is 34.9 Å². The molecule has 0 aromatic rings. The number of esters is 1. The predicted molar refractivity (Wildman–Crippen MR) is 34.9 cm³/mol. The summed E-state index contributed by atoms with van der Waals surface area (Å²) in [5.41, 5.74) is 0. The number of hydrogen-bond donors (Lipinski definition) is 2. The van der Waals surface area contributed by atoms with Gasteiger partial charge in [-0.2, -0.15) is 0 Å². The predicted octanol–water partition coefficient (Wildman–Crippen LogP) is -0.615. The molecule has 0 heterocycles. The number of carboxylic acids is 1. The van der Waals surface area contributed by atoms with Crippen molar-refractivity contribution in [1.29, 1.82) is 0 Å². The molecule has 0 radical (unpaired) electrons. The Morgan fingerprint density at radius 2 is 2.09 bits per heavy atom. The summed E-state index contributed by atoms with van der Waals surface area (Å²) in [6, 6.07) is 0. The van der Waals surface area contributed by atoms with Gasteiger partial charge in [0.1, 0.15) is 13.0 Å². The standard InChI is InChI=1S/C6H10O5/c1-4(7)3-11-6(10)2-5(8)9/h4,7H,2-3H2,1H3,(H,8,9). The molecule has 5 heteroatoms. The van der Waals surface area contributed by atoms with Gasteiger partial charge in [-0.3, -0.25) is 9.59 Å². The van der Waals surface area contributed by atoms with Gasteiger partial charge in [0.05, 0.1) is 6.10 Å². The average molecular weight is 162 g/mol. The minimum atomic E-state index is -1.24. The summed E-state index contributed by atoms with van der Waals surface area (Å²) in [5.74, 6) is -2.07. The van der Waals surface area contributed by atoms with Gasteiger partial charge in [0.15, 0.2) is 0 Å². The van der Waals surface area contributed by atoms with E-state index < -0.39 is 24.5 Å². The fraction of sp³-hybridized carbons (Fsp3) is 0.667. The first-order chi connectivity index (χ1) is 5.02. The molecule has 0 aliphatic heterocycles. The van der Waals surface area contributed by atoms with E-state index in [2.05, 4.69) is 4.74 Å². The van der Waals surface area contributed by atoms with Crippen LogP contribution in [0.3, 0.4) is 0 Å². The highest BCUT2D eigenvalue weighted by Gasteiger charge is 2.09. The lowest BCUT2D eigenvalue weighted by Crippen LogP contribution is -2.17. The second-order valence-electron chi connectivity index (χ2n) is 2.10. The summed E-state index contributed by atoms with van der Waals surface area (Å²) in [5, 5.41) is 16.7. The van der Waals surface area contributed by atoms with Gasteiger partial charge in [0, 0.05) is 0 Å². The molecule has 1 atom stereocenters. The number of ether oxygens (including phenoxy) is 1. The highest BCUT2D eigenvalue weighted by Crippen LogP contribution is 1.88. The third-order valence-electron chi connectivity index (χ3n) is 0.781. The normalized spacial score (nSPS) is 12.2. The van der Waals surface area contributed by atoms with Crippen molar-refractivity contribution in [2.75, 3.05) is 6.61 Å². The zero-order chi connectivity index (χ0) is 8.85. The third-order valence-corrected chi connectivity index (χ3v) is 0.781. The number of hydrogen-bond acceptors (Lipinski definition) is 4. The maximum absolute atomic E-state index is 10.4.